The molecule has 1 heterocycles. The predicted octanol–water partition coefficient (Wildman–Crippen LogP) is 2.98. The van der Waals surface area contributed by atoms with Crippen LogP contribution in [0.5, 0.6) is 0 Å². The number of nitrogens with zero attached hydrogens (tertiary/aromatic N) is 1. The first-order valence-corrected chi connectivity index (χ1v) is 9.54. The van der Waals surface area contributed by atoms with Crippen LogP contribution in [-0.2, 0) is 9.05 Å². The van der Waals surface area contributed by atoms with Gasteiger partial charge >= 0.3 is 0 Å². The first kappa shape index (κ1) is 16.4. The molecule has 0 spiro atoms. The molecule has 1 fully saturated rings. The zero-order valence-electron chi connectivity index (χ0n) is 12.3. The molecule has 1 aromatic heterocycles. The van der Waals surface area contributed by atoms with Crippen LogP contribution in [-0.4, -0.2) is 36.8 Å². The highest BCUT2D eigenvalue weighted by Crippen LogP contribution is 2.26. The number of halogens is 1. The van der Waals surface area contributed by atoms with E-state index in [-0.39, 0.29) is 22.5 Å². The lowest BCUT2D eigenvalue weighted by Crippen LogP contribution is -2.41. The highest BCUT2D eigenvalue weighted by molar-refractivity contribution is 8.13. The lowest BCUT2D eigenvalue weighted by molar-refractivity contribution is 0.0650. The van der Waals surface area contributed by atoms with Gasteiger partial charge in [0.1, 0.15) is 10.6 Å². The van der Waals surface area contributed by atoms with Gasteiger partial charge in [0, 0.05) is 29.5 Å². The number of rotatable bonds is 5. The van der Waals surface area contributed by atoms with Crippen molar-refractivity contribution in [2.75, 3.05) is 6.54 Å². The first-order chi connectivity index (χ1) is 9.79. The molecule has 118 valence electrons. The molecular weight excluding hydrogens is 312 g/mol. The fourth-order valence-electron chi connectivity index (χ4n) is 2.80. The smallest absolute Gasteiger partial charge is 0.270 e. The molecule has 1 aliphatic carbocycles. The molecule has 0 radical (unpaired) electrons. The van der Waals surface area contributed by atoms with E-state index in [1.165, 1.54) is 12.3 Å². The second-order valence-electron chi connectivity index (χ2n) is 5.98. The van der Waals surface area contributed by atoms with Crippen LogP contribution in [0.2, 0.25) is 0 Å². The van der Waals surface area contributed by atoms with E-state index in [9.17, 15) is 13.2 Å². The van der Waals surface area contributed by atoms with Crippen LogP contribution in [0.4, 0.5) is 0 Å². The van der Waals surface area contributed by atoms with Crippen molar-refractivity contribution in [3.05, 3.63) is 18.0 Å². The Morgan fingerprint density at radius 2 is 2.05 bits per heavy atom. The topological polar surface area (TPSA) is 70.2 Å². The maximum absolute atomic E-state index is 12.7. The van der Waals surface area contributed by atoms with Crippen LogP contribution in [0.15, 0.2) is 17.2 Å². The summed E-state index contributed by atoms with van der Waals surface area (Å²) in [5.41, 5.74) is 0.279. The number of carbonyl (C=O) groups is 1. The molecule has 0 aliphatic heterocycles. The van der Waals surface area contributed by atoms with E-state index in [1.807, 2.05) is 4.90 Å². The van der Waals surface area contributed by atoms with Crippen LogP contribution in [0.1, 0.15) is 50.0 Å². The largest absolute Gasteiger partial charge is 0.356 e. The number of amides is 1. The summed E-state index contributed by atoms with van der Waals surface area (Å²) >= 11 is 0. The molecule has 0 aromatic carbocycles. The normalized spacial score (nSPS) is 16.6. The molecule has 1 aliphatic rings. The average molecular weight is 333 g/mol. The van der Waals surface area contributed by atoms with E-state index >= 15 is 0 Å². The quantitative estimate of drug-likeness (QED) is 0.843. The van der Waals surface area contributed by atoms with Crippen molar-refractivity contribution in [3.63, 3.8) is 0 Å². The summed E-state index contributed by atoms with van der Waals surface area (Å²) in [6.07, 6.45) is 5.56. The van der Waals surface area contributed by atoms with Gasteiger partial charge in [0.15, 0.2) is 0 Å². The fourth-order valence-corrected chi connectivity index (χ4v) is 3.53. The molecule has 0 saturated heterocycles. The van der Waals surface area contributed by atoms with Gasteiger partial charge in [-0.1, -0.05) is 26.7 Å². The number of hydrogen-bond donors (Lipinski definition) is 1. The Morgan fingerprint density at radius 1 is 1.43 bits per heavy atom. The van der Waals surface area contributed by atoms with Crippen LogP contribution in [0.25, 0.3) is 0 Å². The van der Waals surface area contributed by atoms with Crippen LogP contribution in [0, 0.1) is 5.92 Å². The van der Waals surface area contributed by atoms with E-state index in [4.69, 9.17) is 10.7 Å². The van der Waals surface area contributed by atoms with E-state index in [1.54, 1.807) is 0 Å². The standard InChI is InChI=1S/C14H21ClN2O3S/c1-10(2)9-17(11-5-3-4-6-11)14(18)13-7-12(8-16-13)21(15,19)20/h7-8,10-11,16H,3-6,9H2,1-2H3. The number of aromatic amines is 1. The lowest BCUT2D eigenvalue weighted by Gasteiger charge is -2.30. The van der Waals surface area contributed by atoms with Gasteiger partial charge < -0.3 is 9.88 Å². The fraction of sp³-hybridized carbons (Fsp3) is 0.643. The molecule has 1 amide bonds. The number of aromatic nitrogens is 1. The molecule has 1 saturated carbocycles. The molecule has 0 unspecified atom stereocenters. The third-order valence-electron chi connectivity index (χ3n) is 3.76. The highest BCUT2D eigenvalue weighted by Gasteiger charge is 2.29. The van der Waals surface area contributed by atoms with Gasteiger partial charge in [0.25, 0.3) is 15.0 Å². The highest BCUT2D eigenvalue weighted by atomic mass is 35.7. The third kappa shape index (κ3) is 4.01. The number of H-pyrrole nitrogens is 1. The Kier molecular flexibility index (Phi) is 4.99. The number of carbonyl (C=O) groups excluding carboxylic acids is 1. The summed E-state index contributed by atoms with van der Waals surface area (Å²) in [5, 5.41) is 0. The summed E-state index contributed by atoms with van der Waals surface area (Å²) in [6, 6.07) is 1.56. The van der Waals surface area contributed by atoms with Crippen molar-refractivity contribution >= 4 is 25.6 Å². The Hall–Kier alpha value is -1.01. The molecule has 1 aromatic rings. The van der Waals surface area contributed by atoms with Crippen LogP contribution in [0.3, 0.4) is 0 Å². The van der Waals surface area contributed by atoms with Crippen molar-refractivity contribution < 1.29 is 13.2 Å². The van der Waals surface area contributed by atoms with Gasteiger partial charge in [-0.15, -0.1) is 0 Å². The number of nitrogens with one attached hydrogen (secondary N) is 1. The Morgan fingerprint density at radius 3 is 2.52 bits per heavy atom. The van der Waals surface area contributed by atoms with Gasteiger partial charge in [-0.3, -0.25) is 4.79 Å². The van der Waals surface area contributed by atoms with E-state index in [2.05, 4.69) is 18.8 Å². The lowest BCUT2D eigenvalue weighted by atomic mass is 10.1. The summed E-state index contributed by atoms with van der Waals surface area (Å²) in [7, 11) is 1.48. The minimum absolute atomic E-state index is 0.0663. The monoisotopic (exact) mass is 332 g/mol. The molecule has 1 N–H and O–H groups in total. The van der Waals surface area contributed by atoms with Crippen molar-refractivity contribution in [1.29, 1.82) is 0 Å². The van der Waals surface area contributed by atoms with E-state index in [0.29, 0.717) is 12.5 Å². The Bertz CT molecular complexity index is 603. The zero-order valence-corrected chi connectivity index (χ0v) is 13.9. The molecule has 5 nitrogen and oxygen atoms in total. The SMILES string of the molecule is CC(C)CN(C(=O)c1cc(S(=O)(=O)Cl)c[nH]1)C1CCCC1. The molecule has 2 rings (SSSR count). The molecular formula is C14H21ClN2O3S. The summed E-state index contributed by atoms with van der Waals surface area (Å²) in [5.74, 6) is 0.211. The second-order valence-corrected chi connectivity index (χ2v) is 8.54. The summed E-state index contributed by atoms with van der Waals surface area (Å²) < 4.78 is 22.6. The summed E-state index contributed by atoms with van der Waals surface area (Å²) in [6.45, 7) is 4.81. The van der Waals surface area contributed by atoms with Gasteiger partial charge in [-0.2, -0.15) is 0 Å². The van der Waals surface area contributed by atoms with Gasteiger partial charge in [-0.05, 0) is 24.8 Å². The minimum atomic E-state index is -3.81. The zero-order chi connectivity index (χ0) is 15.6. The van der Waals surface area contributed by atoms with E-state index < -0.39 is 9.05 Å². The maximum atomic E-state index is 12.7. The van der Waals surface area contributed by atoms with Gasteiger partial charge in [0.2, 0.25) is 0 Å². The van der Waals surface area contributed by atoms with Crippen LogP contribution >= 0.6 is 10.7 Å². The average Bonchev–Trinajstić information content (AvgIpc) is 3.04. The van der Waals surface area contributed by atoms with Gasteiger partial charge in [0.05, 0.1) is 0 Å². The van der Waals surface area contributed by atoms with Crippen molar-refractivity contribution in [1.82, 2.24) is 9.88 Å². The van der Waals surface area contributed by atoms with E-state index in [0.717, 1.165) is 25.7 Å². The predicted molar refractivity (Wildman–Crippen MR) is 82.0 cm³/mol. The van der Waals surface area contributed by atoms with Crippen molar-refractivity contribution in [3.8, 4) is 0 Å². The Labute approximate surface area is 130 Å². The first-order valence-electron chi connectivity index (χ1n) is 7.23. The third-order valence-corrected chi connectivity index (χ3v) is 5.09. The molecule has 0 bridgehead atoms. The maximum Gasteiger partial charge on any atom is 0.270 e. The Balaban J connectivity index is 2.23. The number of hydrogen-bond acceptors (Lipinski definition) is 3. The van der Waals surface area contributed by atoms with Gasteiger partial charge in [-0.25, -0.2) is 8.42 Å². The minimum Gasteiger partial charge on any atom is -0.356 e. The van der Waals surface area contributed by atoms with Crippen molar-refractivity contribution in [2.45, 2.75) is 50.5 Å². The second kappa shape index (κ2) is 6.40. The molecule has 7 heteroatoms. The summed E-state index contributed by atoms with van der Waals surface area (Å²) in [4.78, 5) is 17.2. The molecule has 0 atom stereocenters. The van der Waals surface area contributed by atoms with Crippen LogP contribution < -0.4 is 0 Å². The molecule has 21 heavy (non-hydrogen) atoms. The van der Waals surface area contributed by atoms with Crippen molar-refractivity contribution in [2.24, 2.45) is 5.92 Å².